The number of nitrogens with one attached hydrogen (secondary N) is 1. The summed E-state index contributed by atoms with van der Waals surface area (Å²) in [6.07, 6.45) is 3.20. The third-order valence-corrected chi connectivity index (χ3v) is 3.61. The van der Waals surface area contributed by atoms with Gasteiger partial charge in [0.1, 0.15) is 0 Å². The molecule has 1 rings (SSSR count). The Morgan fingerprint density at radius 3 is 2.70 bits per heavy atom. The fraction of sp³-hybridized carbons (Fsp3) is 0.529. The van der Waals surface area contributed by atoms with Crippen molar-refractivity contribution in [3.63, 3.8) is 0 Å². The summed E-state index contributed by atoms with van der Waals surface area (Å²) in [4.78, 5) is 0. The van der Waals surface area contributed by atoms with Crippen molar-refractivity contribution in [2.24, 2.45) is 5.41 Å². The number of unbranched alkanes of at least 4 members (excludes halogenated alkanes) is 1. The number of rotatable bonds is 8. The van der Waals surface area contributed by atoms with Gasteiger partial charge in [0.25, 0.3) is 0 Å². The first kappa shape index (κ1) is 16.4. The molecule has 0 aliphatic rings. The first-order valence-corrected chi connectivity index (χ1v) is 7.26. The Morgan fingerprint density at radius 2 is 2.10 bits per heavy atom. The monoisotopic (exact) mass is 276 g/mol. The lowest BCUT2D eigenvalue weighted by molar-refractivity contribution is 0.195. The fourth-order valence-corrected chi connectivity index (χ4v) is 2.15. The Labute approximate surface area is 123 Å². The molecular formula is C17H28N2O. The van der Waals surface area contributed by atoms with Gasteiger partial charge in [-0.1, -0.05) is 39.8 Å². The number of anilines is 2. The zero-order valence-electron chi connectivity index (χ0n) is 13.3. The number of nitrogens with two attached hydrogens (primary N) is 1. The van der Waals surface area contributed by atoms with E-state index in [0.29, 0.717) is 0 Å². The highest BCUT2D eigenvalue weighted by Gasteiger charge is 2.23. The number of ether oxygens (including phenoxy) is 1. The summed E-state index contributed by atoms with van der Waals surface area (Å²) in [5, 5.41) is 3.40. The molecule has 1 aromatic rings. The van der Waals surface area contributed by atoms with Crippen molar-refractivity contribution >= 4 is 11.4 Å². The second-order valence-electron chi connectivity index (χ2n) is 5.89. The Balaban J connectivity index is 2.81. The molecule has 0 saturated carbocycles. The molecule has 3 N–H and O–H groups in total. The van der Waals surface area contributed by atoms with Crippen LogP contribution in [0.4, 0.5) is 11.4 Å². The van der Waals surface area contributed by atoms with E-state index in [1.807, 2.05) is 6.07 Å². The Kier molecular flexibility index (Phi) is 5.93. The first-order valence-electron chi connectivity index (χ1n) is 7.26. The molecule has 112 valence electrons. The Morgan fingerprint density at radius 1 is 1.40 bits per heavy atom. The quantitative estimate of drug-likeness (QED) is 0.425. The van der Waals surface area contributed by atoms with Crippen LogP contribution < -0.4 is 11.1 Å². The average molecular weight is 276 g/mol. The molecule has 0 spiro atoms. The topological polar surface area (TPSA) is 47.3 Å². The molecule has 0 aliphatic carbocycles. The summed E-state index contributed by atoms with van der Waals surface area (Å²) < 4.78 is 5.29. The maximum Gasteiger partial charge on any atom is 0.0943 e. The van der Waals surface area contributed by atoms with Crippen molar-refractivity contribution in [2.45, 2.75) is 40.0 Å². The van der Waals surface area contributed by atoms with Gasteiger partial charge in [-0.05, 0) is 30.5 Å². The van der Waals surface area contributed by atoms with Crippen molar-refractivity contribution in [3.05, 3.63) is 36.1 Å². The van der Waals surface area contributed by atoms with Gasteiger partial charge < -0.3 is 15.8 Å². The number of hydrogen-bond acceptors (Lipinski definition) is 3. The van der Waals surface area contributed by atoms with Gasteiger partial charge in [-0.25, -0.2) is 0 Å². The number of benzene rings is 1. The molecule has 0 amide bonds. The first-order chi connectivity index (χ1) is 9.40. The molecule has 0 fully saturated rings. The maximum atomic E-state index is 6.02. The molecule has 0 saturated heterocycles. The molecule has 0 aromatic heterocycles. The van der Waals surface area contributed by atoms with E-state index < -0.39 is 0 Å². The third kappa shape index (κ3) is 4.48. The smallest absolute Gasteiger partial charge is 0.0943 e. The lowest BCUT2D eigenvalue weighted by Gasteiger charge is -2.26. The second-order valence-corrected chi connectivity index (χ2v) is 5.89. The minimum atomic E-state index is -0.0917. The molecule has 0 aliphatic heterocycles. The molecule has 3 nitrogen and oxygen atoms in total. The summed E-state index contributed by atoms with van der Waals surface area (Å²) in [5.41, 5.74) is 8.98. The van der Waals surface area contributed by atoms with Crippen LogP contribution in [0.5, 0.6) is 0 Å². The molecule has 3 heteroatoms. The molecule has 0 heterocycles. The highest BCUT2D eigenvalue weighted by atomic mass is 16.5. The normalized spacial score (nSPS) is 11.2. The van der Waals surface area contributed by atoms with Crippen LogP contribution in [0.15, 0.2) is 30.5 Å². The highest BCUT2D eigenvalue weighted by Crippen LogP contribution is 2.31. The molecule has 0 bridgehead atoms. The largest absolute Gasteiger partial charge is 0.501 e. The number of methoxy groups -OCH3 is 1. The summed E-state index contributed by atoms with van der Waals surface area (Å²) in [6.45, 7) is 11.4. The van der Waals surface area contributed by atoms with Crippen molar-refractivity contribution in [2.75, 3.05) is 24.7 Å². The van der Waals surface area contributed by atoms with Gasteiger partial charge in [0, 0.05) is 12.0 Å². The van der Waals surface area contributed by atoms with E-state index in [1.165, 1.54) is 12.0 Å². The van der Waals surface area contributed by atoms with Crippen molar-refractivity contribution < 1.29 is 4.74 Å². The van der Waals surface area contributed by atoms with Gasteiger partial charge in [-0.15, -0.1) is 0 Å². The summed E-state index contributed by atoms with van der Waals surface area (Å²) in [6, 6.07) is 6.18. The van der Waals surface area contributed by atoms with E-state index in [9.17, 15) is 0 Å². The van der Waals surface area contributed by atoms with E-state index in [-0.39, 0.29) is 5.41 Å². The fourth-order valence-electron chi connectivity index (χ4n) is 2.15. The zero-order chi connectivity index (χ0) is 15.2. The van der Waals surface area contributed by atoms with Crippen LogP contribution in [-0.4, -0.2) is 13.7 Å². The molecule has 0 radical (unpaired) electrons. The van der Waals surface area contributed by atoms with Crippen LogP contribution in [0.2, 0.25) is 0 Å². The highest BCUT2D eigenvalue weighted by molar-refractivity contribution is 5.67. The zero-order valence-corrected chi connectivity index (χ0v) is 13.3. The van der Waals surface area contributed by atoms with E-state index in [0.717, 1.165) is 36.5 Å². The number of hydrogen-bond donors (Lipinski definition) is 2. The van der Waals surface area contributed by atoms with E-state index in [1.54, 1.807) is 7.11 Å². The van der Waals surface area contributed by atoms with Gasteiger partial charge >= 0.3 is 0 Å². The molecular weight excluding hydrogens is 248 g/mol. The molecule has 20 heavy (non-hydrogen) atoms. The standard InChI is InChI=1S/C17H28N2O/c1-6-7-10-19-16-11-14(8-9-15(16)18)12-17(3,4)13(2)20-5/h8-9,11,19H,2,6-7,10,12,18H2,1,3-5H3. The average Bonchev–Trinajstić information content (AvgIpc) is 2.41. The lowest BCUT2D eigenvalue weighted by Crippen LogP contribution is -2.19. The molecule has 0 unspecified atom stereocenters. The van der Waals surface area contributed by atoms with Crippen LogP contribution >= 0.6 is 0 Å². The summed E-state index contributed by atoms with van der Waals surface area (Å²) in [7, 11) is 1.67. The van der Waals surface area contributed by atoms with Gasteiger partial charge in [-0.3, -0.25) is 0 Å². The summed E-state index contributed by atoms with van der Waals surface area (Å²) in [5.74, 6) is 0.801. The van der Waals surface area contributed by atoms with Crippen molar-refractivity contribution in [1.29, 1.82) is 0 Å². The minimum absolute atomic E-state index is 0.0917. The second kappa shape index (κ2) is 7.22. The van der Waals surface area contributed by atoms with E-state index >= 15 is 0 Å². The Bertz CT molecular complexity index is 452. The van der Waals surface area contributed by atoms with Crippen LogP contribution in [-0.2, 0) is 11.2 Å². The van der Waals surface area contributed by atoms with E-state index in [2.05, 4.69) is 44.8 Å². The molecule has 0 atom stereocenters. The minimum Gasteiger partial charge on any atom is -0.501 e. The Hall–Kier alpha value is -1.64. The van der Waals surface area contributed by atoms with Gasteiger partial charge in [-0.2, -0.15) is 0 Å². The third-order valence-electron chi connectivity index (χ3n) is 3.61. The van der Waals surface area contributed by atoms with Crippen LogP contribution in [0.1, 0.15) is 39.2 Å². The van der Waals surface area contributed by atoms with Crippen molar-refractivity contribution in [3.8, 4) is 0 Å². The van der Waals surface area contributed by atoms with Crippen molar-refractivity contribution in [1.82, 2.24) is 0 Å². The number of nitrogen functional groups attached to an aromatic ring is 1. The van der Waals surface area contributed by atoms with Crippen LogP contribution in [0.25, 0.3) is 0 Å². The predicted octanol–water partition coefficient (Wildman–Crippen LogP) is 4.21. The maximum absolute atomic E-state index is 6.02. The van der Waals surface area contributed by atoms with E-state index in [4.69, 9.17) is 10.5 Å². The van der Waals surface area contributed by atoms with Gasteiger partial charge in [0.2, 0.25) is 0 Å². The van der Waals surface area contributed by atoms with Crippen LogP contribution in [0.3, 0.4) is 0 Å². The van der Waals surface area contributed by atoms with Gasteiger partial charge in [0.15, 0.2) is 0 Å². The summed E-state index contributed by atoms with van der Waals surface area (Å²) >= 11 is 0. The predicted molar refractivity (Wildman–Crippen MR) is 87.9 cm³/mol. The SMILES string of the molecule is C=C(OC)C(C)(C)Cc1ccc(N)c(NCCCC)c1. The van der Waals surface area contributed by atoms with Gasteiger partial charge in [0.05, 0.1) is 24.2 Å². The lowest BCUT2D eigenvalue weighted by atomic mass is 9.84. The molecule has 1 aromatic carbocycles. The van der Waals surface area contributed by atoms with Crippen LogP contribution in [0, 0.1) is 5.41 Å². The number of allylic oxidation sites excluding steroid dienone is 1.